The third-order valence-corrected chi connectivity index (χ3v) is 5.34. The molecule has 2 unspecified atom stereocenters. The molecule has 0 aliphatic rings. The predicted molar refractivity (Wildman–Crippen MR) is 124 cm³/mol. The minimum atomic E-state index is -3.41. The number of carbonyl (C=O) groups is 2. The standard InChI is InChI=1S/C22H28ClN3O4S/c1-14(2)12-20(25-21(27)16-8-10-18(23)11-9-16)22(28)24-15(3)17-6-5-7-19(13-17)26-31(4,29)30/h5-11,13-15,20,26H,12H2,1-4H3,(H,24,28)(H,25,27). The average molecular weight is 466 g/mol. The van der Waals surface area contributed by atoms with E-state index in [0.29, 0.717) is 22.7 Å². The summed E-state index contributed by atoms with van der Waals surface area (Å²) >= 11 is 5.87. The number of rotatable bonds is 9. The van der Waals surface area contributed by atoms with Gasteiger partial charge in [0.05, 0.1) is 12.3 Å². The van der Waals surface area contributed by atoms with Crippen LogP contribution in [0.2, 0.25) is 5.02 Å². The van der Waals surface area contributed by atoms with E-state index in [1.165, 1.54) is 0 Å². The Kier molecular flexibility index (Phi) is 8.47. The molecular weight excluding hydrogens is 438 g/mol. The first-order valence-electron chi connectivity index (χ1n) is 9.89. The van der Waals surface area contributed by atoms with E-state index in [1.54, 1.807) is 55.5 Å². The van der Waals surface area contributed by atoms with Crippen LogP contribution in [0.1, 0.15) is 49.2 Å². The van der Waals surface area contributed by atoms with Crippen LogP contribution in [0.15, 0.2) is 48.5 Å². The van der Waals surface area contributed by atoms with Gasteiger partial charge in [-0.15, -0.1) is 0 Å². The van der Waals surface area contributed by atoms with Crippen molar-refractivity contribution in [3.8, 4) is 0 Å². The van der Waals surface area contributed by atoms with Gasteiger partial charge in [0.15, 0.2) is 0 Å². The molecule has 3 N–H and O–H groups in total. The molecule has 0 saturated carbocycles. The molecule has 0 aliphatic carbocycles. The first-order chi connectivity index (χ1) is 14.4. The van der Waals surface area contributed by atoms with Gasteiger partial charge >= 0.3 is 0 Å². The number of carbonyl (C=O) groups excluding carboxylic acids is 2. The zero-order valence-corrected chi connectivity index (χ0v) is 19.5. The van der Waals surface area contributed by atoms with Gasteiger partial charge < -0.3 is 10.6 Å². The van der Waals surface area contributed by atoms with Crippen LogP contribution in [0.3, 0.4) is 0 Å². The van der Waals surface area contributed by atoms with Crippen LogP contribution in [0.5, 0.6) is 0 Å². The van der Waals surface area contributed by atoms with Gasteiger partial charge in [-0.2, -0.15) is 0 Å². The Morgan fingerprint density at radius 2 is 1.65 bits per heavy atom. The summed E-state index contributed by atoms with van der Waals surface area (Å²) in [5.41, 5.74) is 1.56. The molecule has 0 bridgehead atoms. The van der Waals surface area contributed by atoms with Crippen molar-refractivity contribution >= 4 is 39.1 Å². The van der Waals surface area contributed by atoms with Crippen molar-refractivity contribution in [2.24, 2.45) is 5.92 Å². The van der Waals surface area contributed by atoms with Gasteiger partial charge in [0.1, 0.15) is 6.04 Å². The Hall–Kier alpha value is -2.58. The van der Waals surface area contributed by atoms with Crippen molar-refractivity contribution in [3.05, 3.63) is 64.7 Å². The van der Waals surface area contributed by atoms with Crippen LogP contribution < -0.4 is 15.4 Å². The van der Waals surface area contributed by atoms with Crippen molar-refractivity contribution in [1.82, 2.24) is 10.6 Å². The van der Waals surface area contributed by atoms with Crippen molar-refractivity contribution in [2.75, 3.05) is 11.0 Å². The molecule has 7 nitrogen and oxygen atoms in total. The quantitative estimate of drug-likeness (QED) is 0.524. The van der Waals surface area contributed by atoms with E-state index in [0.717, 1.165) is 11.8 Å². The third-order valence-electron chi connectivity index (χ3n) is 4.48. The molecule has 0 aromatic heterocycles. The van der Waals surface area contributed by atoms with Gasteiger partial charge in [-0.05, 0) is 61.2 Å². The minimum Gasteiger partial charge on any atom is -0.348 e. The number of hydrogen-bond donors (Lipinski definition) is 3. The van der Waals surface area contributed by atoms with E-state index in [1.807, 2.05) is 13.8 Å². The zero-order valence-electron chi connectivity index (χ0n) is 18.0. The van der Waals surface area contributed by atoms with E-state index >= 15 is 0 Å². The molecule has 0 radical (unpaired) electrons. The molecule has 2 atom stereocenters. The summed E-state index contributed by atoms with van der Waals surface area (Å²) in [7, 11) is -3.41. The van der Waals surface area contributed by atoms with E-state index in [2.05, 4.69) is 15.4 Å². The molecule has 2 rings (SSSR count). The Morgan fingerprint density at radius 3 is 2.23 bits per heavy atom. The lowest BCUT2D eigenvalue weighted by Crippen LogP contribution is -2.48. The number of amides is 2. The first kappa shape index (κ1) is 24.7. The molecule has 0 spiro atoms. The molecule has 168 valence electrons. The summed E-state index contributed by atoms with van der Waals surface area (Å²) in [6.07, 6.45) is 1.54. The van der Waals surface area contributed by atoms with Gasteiger partial charge in [-0.3, -0.25) is 14.3 Å². The molecule has 0 heterocycles. The molecule has 0 fully saturated rings. The fourth-order valence-electron chi connectivity index (χ4n) is 3.03. The van der Waals surface area contributed by atoms with Gasteiger partial charge in [0, 0.05) is 16.3 Å². The lowest BCUT2D eigenvalue weighted by atomic mass is 10.0. The minimum absolute atomic E-state index is 0.180. The van der Waals surface area contributed by atoms with Gasteiger partial charge in [-0.1, -0.05) is 37.6 Å². The van der Waals surface area contributed by atoms with E-state index in [-0.39, 0.29) is 17.7 Å². The zero-order chi connectivity index (χ0) is 23.2. The molecule has 2 aromatic rings. The lowest BCUT2D eigenvalue weighted by Gasteiger charge is -2.23. The molecule has 31 heavy (non-hydrogen) atoms. The number of halogens is 1. The molecule has 2 amide bonds. The lowest BCUT2D eigenvalue weighted by molar-refractivity contribution is -0.124. The van der Waals surface area contributed by atoms with Gasteiger partial charge in [-0.25, -0.2) is 8.42 Å². The molecule has 0 aliphatic heterocycles. The third kappa shape index (κ3) is 8.22. The second-order valence-electron chi connectivity index (χ2n) is 7.89. The Morgan fingerprint density at radius 1 is 1.00 bits per heavy atom. The fraction of sp³-hybridized carbons (Fsp3) is 0.364. The van der Waals surface area contributed by atoms with Crippen LogP contribution in [-0.2, 0) is 14.8 Å². The fourth-order valence-corrected chi connectivity index (χ4v) is 3.71. The van der Waals surface area contributed by atoms with Crippen LogP contribution in [0.4, 0.5) is 5.69 Å². The summed E-state index contributed by atoms with van der Waals surface area (Å²) in [5.74, 6) is -0.492. The summed E-state index contributed by atoms with van der Waals surface area (Å²) in [5, 5.41) is 6.23. The molecular formula is C22H28ClN3O4S. The molecule has 2 aromatic carbocycles. The van der Waals surface area contributed by atoms with Crippen LogP contribution in [0.25, 0.3) is 0 Å². The Bertz CT molecular complexity index is 1020. The number of hydrogen-bond acceptors (Lipinski definition) is 4. The summed E-state index contributed by atoms with van der Waals surface area (Å²) in [6, 6.07) is 12.1. The predicted octanol–water partition coefficient (Wildman–Crippen LogP) is 3.73. The second kappa shape index (κ2) is 10.6. The largest absolute Gasteiger partial charge is 0.348 e. The highest BCUT2D eigenvalue weighted by Gasteiger charge is 2.24. The van der Waals surface area contributed by atoms with Crippen molar-refractivity contribution in [3.63, 3.8) is 0 Å². The Labute approximate surface area is 188 Å². The smallest absolute Gasteiger partial charge is 0.251 e. The average Bonchev–Trinajstić information content (AvgIpc) is 2.66. The summed E-state index contributed by atoms with van der Waals surface area (Å²) in [4.78, 5) is 25.5. The van der Waals surface area contributed by atoms with Gasteiger partial charge in [0.25, 0.3) is 5.91 Å². The van der Waals surface area contributed by atoms with Crippen LogP contribution in [0, 0.1) is 5.92 Å². The topological polar surface area (TPSA) is 104 Å². The van der Waals surface area contributed by atoms with Crippen molar-refractivity contribution in [1.29, 1.82) is 0 Å². The van der Waals surface area contributed by atoms with Gasteiger partial charge in [0.2, 0.25) is 15.9 Å². The maximum Gasteiger partial charge on any atom is 0.251 e. The van der Waals surface area contributed by atoms with Crippen molar-refractivity contribution in [2.45, 2.75) is 39.3 Å². The number of nitrogens with one attached hydrogen (secondary N) is 3. The van der Waals surface area contributed by atoms with E-state index in [4.69, 9.17) is 11.6 Å². The van der Waals surface area contributed by atoms with Crippen molar-refractivity contribution < 1.29 is 18.0 Å². The molecule has 9 heteroatoms. The first-order valence-corrected chi connectivity index (χ1v) is 12.2. The van der Waals surface area contributed by atoms with Crippen LogP contribution >= 0.6 is 11.6 Å². The molecule has 0 saturated heterocycles. The normalized spacial score (nSPS) is 13.4. The maximum absolute atomic E-state index is 12.9. The number of sulfonamides is 1. The van der Waals surface area contributed by atoms with E-state index in [9.17, 15) is 18.0 Å². The number of benzene rings is 2. The second-order valence-corrected chi connectivity index (χ2v) is 10.1. The van der Waals surface area contributed by atoms with E-state index < -0.39 is 22.1 Å². The van der Waals surface area contributed by atoms with Crippen LogP contribution in [-0.4, -0.2) is 32.5 Å². The maximum atomic E-state index is 12.9. The SMILES string of the molecule is CC(C)CC(NC(=O)c1ccc(Cl)cc1)C(=O)NC(C)c1cccc(NS(C)(=O)=O)c1. The monoisotopic (exact) mass is 465 g/mol. The summed E-state index contributed by atoms with van der Waals surface area (Å²) in [6.45, 7) is 5.74. The number of anilines is 1. The summed E-state index contributed by atoms with van der Waals surface area (Å²) < 4.78 is 25.3. The highest BCUT2D eigenvalue weighted by atomic mass is 35.5. The highest BCUT2D eigenvalue weighted by molar-refractivity contribution is 7.92. The highest BCUT2D eigenvalue weighted by Crippen LogP contribution is 2.19. The Balaban J connectivity index is 2.11.